The number of primary amides is 1. The topological polar surface area (TPSA) is 66.6 Å². The Morgan fingerprint density at radius 1 is 0.962 bits per heavy atom. The lowest BCUT2D eigenvalue weighted by Gasteiger charge is -2.36. The summed E-state index contributed by atoms with van der Waals surface area (Å²) < 4.78 is 0. The van der Waals surface area contributed by atoms with E-state index >= 15 is 0 Å². The number of urea groups is 1. The number of rotatable bonds is 7. The first-order chi connectivity index (χ1) is 12.6. The molecule has 0 atom stereocenters. The van der Waals surface area contributed by atoms with E-state index in [-0.39, 0.29) is 6.54 Å². The standard InChI is InChI=1S/C21H22N2O2S/c22-20(24)23(25)16-21(19-11-12-26-15-19,13-17-7-3-1-4-8-17)14-18-9-5-2-6-10-18/h1-12,15,25H,13-14,16H2,(H2,22,24). The first-order valence-corrected chi connectivity index (χ1v) is 9.40. The molecule has 0 saturated carbocycles. The van der Waals surface area contributed by atoms with Crippen LogP contribution in [-0.4, -0.2) is 22.8 Å². The minimum Gasteiger partial charge on any atom is -0.350 e. The average molecular weight is 366 g/mol. The number of carbonyl (C=O) groups excluding carboxylic acids is 1. The van der Waals surface area contributed by atoms with Crippen molar-refractivity contribution in [1.82, 2.24) is 5.06 Å². The summed E-state index contributed by atoms with van der Waals surface area (Å²) in [7, 11) is 0. The molecule has 0 radical (unpaired) electrons. The number of hydrogen-bond acceptors (Lipinski definition) is 3. The molecule has 0 fully saturated rings. The maximum absolute atomic E-state index is 11.6. The summed E-state index contributed by atoms with van der Waals surface area (Å²) >= 11 is 1.61. The molecule has 1 aromatic heterocycles. The highest BCUT2D eigenvalue weighted by molar-refractivity contribution is 7.08. The summed E-state index contributed by atoms with van der Waals surface area (Å²) in [6.45, 7) is 0.128. The molecule has 3 aromatic rings. The summed E-state index contributed by atoms with van der Waals surface area (Å²) in [5.41, 5.74) is 8.23. The van der Waals surface area contributed by atoms with Gasteiger partial charge in [0.15, 0.2) is 0 Å². The number of amides is 2. The zero-order valence-electron chi connectivity index (χ0n) is 14.4. The molecule has 134 valence electrons. The quantitative estimate of drug-likeness (QED) is 0.485. The van der Waals surface area contributed by atoms with E-state index in [1.807, 2.05) is 41.8 Å². The van der Waals surface area contributed by atoms with E-state index in [9.17, 15) is 10.0 Å². The van der Waals surface area contributed by atoms with Gasteiger partial charge in [-0.3, -0.25) is 5.21 Å². The number of hydroxylamine groups is 2. The molecule has 0 bridgehead atoms. The van der Waals surface area contributed by atoms with Gasteiger partial charge in [-0.25, -0.2) is 9.86 Å². The van der Waals surface area contributed by atoms with Gasteiger partial charge in [-0.1, -0.05) is 60.7 Å². The third kappa shape index (κ3) is 4.31. The minimum absolute atomic E-state index is 0.128. The van der Waals surface area contributed by atoms with Crippen molar-refractivity contribution in [3.05, 3.63) is 94.2 Å². The fraction of sp³-hybridized carbons (Fsp3) is 0.190. The largest absolute Gasteiger partial charge is 0.350 e. The highest BCUT2D eigenvalue weighted by atomic mass is 32.1. The van der Waals surface area contributed by atoms with Gasteiger partial charge in [0.25, 0.3) is 0 Å². The van der Waals surface area contributed by atoms with E-state index in [0.717, 1.165) is 16.7 Å². The van der Waals surface area contributed by atoms with Crippen LogP contribution in [-0.2, 0) is 18.3 Å². The summed E-state index contributed by atoms with van der Waals surface area (Å²) in [6, 6.07) is 21.5. The molecule has 1 heterocycles. The summed E-state index contributed by atoms with van der Waals surface area (Å²) in [5, 5.41) is 14.9. The highest BCUT2D eigenvalue weighted by Gasteiger charge is 2.36. The maximum atomic E-state index is 11.6. The zero-order valence-corrected chi connectivity index (χ0v) is 15.2. The molecule has 3 N–H and O–H groups in total. The fourth-order valence-corrected chi connectivity index (χ4v) is 4.15. The Morgan fingerprint density at radius 3 is 1.92 bits per heavy atom. The second-order valence-corrected chi connectivity index (χ2v) is 7.29. The zero-order chi connectivity index (χ0) is 18.4. The second-order valence-electron chi connectivity index (χ2n) is 6.51. The van der Waals surface area contributed by atoms with Crippen molar-refractivity contribution in [2.75, 3.05) is 6.54 Å². The van der Waals surface area contributed by atoms with Gasteiger partial charge in [-0.2, -0.15) is 11.3 Å². The lowest BCUT2D eigenvalue weighted by molar-refractivity contribution is -0.0561. The Labute approximate surface area is 157 Å². The van der Waals surface area contributed by atoms with Gasteiger partial charge in [-0.05, 0) is 46.4 Å². The molecular weight excluding hydrogens is 344 g/mol. The van der Waals surface area contributed by atoms with E-state index in [2.05, 4.69) is 35.7 Å². The van der Waals surface area contributed by atoms with Crippen molar-refractivity contribution in [2.45, 2.75) is 18.3 Å². The predicted molar refractivity (Wildman–Crippen MR) is 104 cm³/mol. The molecule has 4 nitrogen and oxygen atoms in total. The summed E-state index contributed by atoms with van der Waals surface area (Å²) in [6.07, 6.45) is 1.37. The smallest absolute Gasteiger partial charge is 0.338 e. The highest BCUT2D eigenvalue weighted by Crippen LogP contribution is 2.35. The Morgan fingerprint density at radius 2 is 1.50 bits per heavy atom. The van der Waals surface area contributed by atoms with E-state index in [0.29, 0.717) is 17.9 Å². The van der Waals surface area contributed by atoms with Gasteiger partial charge in [0.1, 0.15) is 0 Å². The first-order valence-electron chi connectivity index (χ1n) is 8.45. The number of benzene rings is 2. The lowest BCUT2D eigenvalue weighted by atomic mass is 9.72. The van der Waals surface area contributed by atoms with Crippen LogP contribution in [0.3, 0.4) is 0 Å². The van der Waals surface area contributed by atoms with Crippen LogP contribution < -0.4 is 5.73 Å². The van der Waals surface area contributed by atoms with Crippen LogP contribution >= 0.6 is 11.3 Å². The Bertz CT molecular complexity index is 778. The van der Waals surface area contributed by atoms with Gasteiger partial charge in [0.2, 0.25) is 0 Å². The molecule has 0 unspecified atom stereocenters. The molecule has 2 aromatic carbocycles. The van der Waals surface area contributed by atoms with Crippen molar-refractivity contribution in [3.63, 3.8) is 0 Å². The molecule has 5 heteroatoms. The number of nitrogens with zero attached hydrogens (tertiary/aromatic N) is 1. The lowest BCUT2D eigenvalue weighted by Crippen LogP contribution is -2.46. The molecular formula is C21H22N2O2S. The SMILES string of the molecule is NC(=O)N(O)CC(Cc1ccccc1)(Cc1ccccc1)c1ccsc1. The van der Waals surface area contributed by atoms with Gasteiger partial charge in [-0.15, -0.1) is 0 Å². The van der Waals surface area contributed by atoms with Crippen LogP contribution in [0.2, 0.25) is 0 Å². The van der Waals surface area contributed by atoms with Gasteiger partial charge >= 0.3 is 6.03 Å². The van der Waals surface area contributed by atoms with Crippen molar-refractivity contribution in [1.29, 1.82) is 0 Å². The van der Waals surface area contributed by atoms with Crippen LogP contribution in [0.5, 0.6) is 0 Å². The Hall–Kier alpha value is -2.63. The Balaban J connectivity index is 2.05. The van der Waals surface area contributed by atoms with Crippen molar-refractivity contribution >= 4 is 17.4 Å². The van der Waals surface area contributed by atoms with Gasteiger partial charge in [0.05, 0.1) is 6.54 Å². The first kappa shape index (κ1) is 18.2. The molecule has 0 aliphatic carbocycles. The summed E-state index contributed by atoms with van der Waals surface area (Å²) in [5.74, 6) is 0. The van der Waals surface area contributed by atoms with Crippen molar-refractivity contribution in [3.8, 4) is 0 Å². The molecule has 0 aliphatic heterocycles. The molecule has 0 spiro atoms. The molecule has 0 saturated heterocycles. The van der Waals surface area contributed by atoms with E-state index in [1.54, 1.807) is 11.3 Å². The predicted octanol–water partition coefficient (Wildman–Crippen LogP) is 4.24. The number of hydrogen-bond donors (Lipinski definition) is 2. The van der Waals surface area contributed by atoms with Gasteiger partial charge < -0.3 is 5.73 Å². The maximum Gasteiger partial charge on any atom is 0.338 e. The Kier molecular flexibility index (Phi) is 5.71. The van der Waals surface area contributed by atoms with Crippen molar-refractivity contribution in [2.24, 2.45) is 5.73 Å². The van der Waals surface area contributed by atoms with Gasteiger partial charge in [0, 0.05) is 5.41 Å². The number of nitrogens with two attached hydrogens (primary N) is 1. The second kappa shape index (κ2) is 8.17. The monoisotopic (exact) mass is 366 g/mol. The average Bonchev–Trinajstić information content (AvgIpc) is 3.18. The molecule has 3 rings (SSSR count). The number of carbonyl (C=O) groups is 1. The van der Waals surface area contributed by atoms with E-state index in [4.69, 9.17) is 5.73 Å². The fourth-order valence-electron chi connectivity index (χ4n) is 3.37. The molecule has 26 heavy (non-hydrogen) atoms. The van der Waals surface area contributed by atoms with Crippen molar-refractivity contribution < 1.29 is 10.0 Å². The summed E-state index contributed by atoms with van der Waals surface area (Å²) in [4.78, 5) is 11.6. The van der Waals surface area contributed by atoms with E-state index in [1.165, 1.54) is 0 Å². The normalized spacial score (nSPS) is 11.3. The van der Waals surface area contributed by atoms with Crippen LogP contribution in [0.1, 0.15) is 16.7 Å². The molecule has 0 aliphatic rings. The van der Waals surface area contributed by atoms with Crippen LogP contribution in [0, 0.1) is 0 Å². The van der Waals surface area contributed by atoms with Crippen LogP contribution in [0.4, 0.5) is 4.79 Å². The number of thiophene rings is 1. The van der Waals surface area contributed by atoms with Crippen LogP contribution in [0.25, 0.3) is 0 Å². The van der Waals surface area contributed by atoms with Crippen LogP contribution in [0.15, 0.2) is 77.5 Å². The molecule has 2 amide bonds. The third-order valence-corrected chi connectivity index (χ3v) is 5.29. The van der Waals surface area contributed by atoms with E-state index < -0.39 is 11.4 Å². The minimum atomic E-state index is -0.842. The third-order valence-electron chi connectivity index (χ3n) is 4.61.